The molecule has 1 fully saturated rings. The molecule has 0 radical (unpaired) electrons. The Hall–Kier alpha value is -1.07. The number of benzene rings is 1. The molecule has 1 aliphatic rings. The maximum absolute atomic E-state index is 10.9. The second kappa shape index (κ2) is 4.66. The zero-order valence-corrected chi connectivity index (χ0v) is 10.8. The number of phenols is 1. The van der Waals surface area contributed by atoms with Crippen LogP contribution < -0.4 is 5.73 Å². The molecule has 0 unspecified atom stereocenters. The second-order valence-electron chi connectivity index (χ2n) is 4.45. The lowest BCUT2D eigenvalue weighted by molar-refractivity contribution is 0.0693. The van der Waals surface area contributed by atoms with E-state index in [9.17, 15) is 9.90 Å². The van der Waals surface area contributed by atoms with Crippen LogP contribution in [0, 0.1) is 5.92 Å². The first kappa shape index (κ1) is 12.4. The van der Waals surface area contributed by atoms with Crippen LogP contribution in [0.15, 0.2) is 16.6 Å². The minimum absolute atomic E-state index is 0.102. The van der Waals surface area contributed by atoms with Crippen LogP contribution in [0.1, 0.15) is 41.2 Å². The quantitative estimate of drug-likeness (QED) is 0.798. The Labute approximate surface area is 108 Å². The molecule has 0 bridgehead atoms. The summed E-state index contributed by atoms with van der Waals surface area (Å²) >= 11 is 3.31. The van der Waals surface area contributed by atoms with Gasteiger partial charge in [0, 0.05) is 16.1 Å². The normalized spacial score (nSPS) is 16.8. The molecule has 1 aliphatic carbocycles. The molecule has 5 heteroatoms. The van der Waals surface area contributed by atoms with Crippen molar-refractivity contribution in [2.75, 3.05) is 0 Å². The summed E-state index contributed by atoms with van der Waals surface area (Å²) in [4.78, 5) is 10.9. The molecule has 0 spiro atoms. The maximum Gasteiger partial charge on any atom is 0.339 e. The first-order chi connectivity index (χ1) is 8.00. The molecule has 1 atom stereocenters. The molecular formula is C12H14BrNO3. The van der Waals surface area contributed by atoms with Crippen molar-refractivity contribution in [1.29, 1.82) is 0 Å². The largest absolute Gasteiger partial charge is 0.507 e. The van der Waals surface area contributed by atoms with Gasteiger partial charge >= 0.3 is 5.97 Å². The van der Waals surface area contributed by atoms with Gasteiger partial charge in [0.1, 0.15) is 11.3 Å². The Bertz CT molecular complexity index is 457. The van der Waals surface area contributed by atoms with Crippen LogP contribution in [-0.2, 0) is 0 Å². The van der Waals surface area contributed by atoms with E-state index in [1.807, 2.05) is 0 Å². The van der Waals surface area contributed by atoms with Gasteiger partial charge in [-0.15, -0.1) is 0 Å². The van der Waals surface area contributed by atoms with Crippen LogP contribution in [0.4, 0.5) is 0 Å². The molecule has 1 saturated carbocycles. The number of aromatic hydroxyl groups is 1. The number of rotatable bonds is 4. The predicted molar refractivity (Wildman–Crippen MR) is 67.0 cm³/mol. The van der Waals surface area contributed by atoms with Gasteiger partial charge in [-0.3, -0.25) is 0 Å². The first-order valence-corrected chi connectivity index (χ1v) is 6.30. The summed E-state index contributed by atoms with van der Waals surface area (Å²) in [6, 6.07) is 2.66. The lowest BCUT2D eigenvalue weighted by atomic mass is 9.98. The van der Waals surface area contributed by atoms with Gasteiger partial charge in [-0.05, 0) is 24.5 Å². The van der Waals surface area contributed by atoms with Crippen LogP contribution in [-0.4, -0.2) is 16.2 Å². The van der Waals surface area contributed by atoms with Crippen molar-refractivity contribution in [2.24, 2.45) is 11.7 Å². The van der Waals surface area contributed by atoms with E-state index in [1.165, 1.54) is 18.9 Å². The van der Waals surface area contributed by atoms with Crippen molar-refractivity contribution in [1.82, 2.24) is 0 Å². The summed E-state index contributed by atoms with van der Waals surface area (Å²) in [6.45, 7) is 0. The lowest BCUT2D eigenvalue weighted by Gasteiger charge is -2.16. The molecule has 0 aliphatic heterocycles. The Morgan fingerprint density at radius 2 is 2.18 bits per heavy atom. The second-order valence-corrected chi connectivity index (χ2v) is 5.30. The summed E-state index contributed by atoms with van der Waals surface area (Å²) < 4.78 is 0.660. The van der Waals surface area contributed by atoms with Crippen molar-refractivity contribution < 1.29 is 15.0 Å². The number of carboxylic acids is 1. The predicted octanol–water partition coefficient (Wildman–Crippen LogP) is 2.65. The molecule has 1 aromatic carbocycles. The third-order valence-electron chi connectivity index (χ3n) is 3.05. The number of halogens is 1. The van der Waals surface area contributed by atoms with Crippen molar-refractivity contribution in [3.63, 3.8) is 0 Å². The molecule has 4 N–H and O–H groups in total. The molecule has 1 aromatic rings. The zero-order valence-electron chi connectivity index (χ0n) is 9.19. The maximum atomic E-state index is 10.9. The molecule has 4 nitrogen and oxygen atoms in total. The summed E-state index contributed by atoms with van der Waals surface area (Å²) in [5, 5.41) is 18.9. The summed E-state index contributed by atoms with van der Waals surface area (Å²) in [5.74, 6) is -0.750. The Balaban J connectivity index is 2.35. The van der Waals surface area contributed by atoms with Crippen LogP contribution in [0.5, 0.6) is 5.75 Å². The van der Waals surface area contributed by atoms with E-state index < -0.39 is 5.97 Å². The van der Waals surface area contributed by atoms with Crippen molar-refractivity contribution in [2.45, 2.75) is 25.3 Å². The van der Waals surface area contributed by atoms with Crippen molar-refractivity contribution >= 4 is 21.9 Å². The minimum atomic E-state index is -1.14. The molecule has 0 saturated heterocycles. The molecule has 2 rings (SSSR count). The molecule has 17 heavy (non-hydrogen) atoms. The van der Waals surface area contributed by atoms with E-state index in [0.29, 0.717) is 16.0 Å². The van der Waals surface area contributed by atoms with E-state index in [2.05, 4.69) is 15.9 Å². The van der Waals surface area contributed by atoms with Crippen molar-refractivity contribution in [3.8, 4) is 5.75 Å². The van der Waals surface area contributed by atoms with Gasteiger partial charge in [-0.1, -0.05) is 28.8 Å². The van der Waals surface area contributed by atoms with Crippen LogP contribution >= 0.6 is 15.9 Å². The molecule has 92 valence electrons. The Morgan fingerprint density at radius 3 is 2.71 bits per heavy atom. The van der Waals surface area contributed by atoms with Crippen LogP contribution in [0.25, 0.3) is 0 Å². The first-order valence-electron chi connectivity index (χ1n) is 5.51. The Kier molecular flexibility index (Phi) is 3.40. The minimum Gasteiger partial charge on any atom is -0.507 e. The average molecular weight is 300 g/mol. The van der Waals surface area contributed by atoms with Gasteiger partial charge in [0.05, 0.1) is 0 Å². The highest BCUT2D eigenvalue weighted by molar-refractivity contribution is 9.10. The summed E-state index contributed by atoms with van der Waals surface area (Å²) in [6.07, 6.45) is 3.13. The average Bonchev–Trinajstić information content (AvgIpc) is 3.00. The molecule has 0 heterocycles. The number of carboxylic acid groups (broad SMARTS) is 1. The number of hydrogen-bond acceptors (Lipinski definition) is 3. The van der Waals surface area contributed by atoms with Crippen LogP contribution in [0.3, 0.4) is 0 Å². The number of aromatic carboxylic acids is 1. The van der Waals surface area contributed by atoms with E-state index >= 15 is 0 Å². The number of carbonyl (C=O) groups is 1. The smallest absolute Gasteiger partial charge is 0.339 e. The third kappa shape index (κ3) is 2.61. The van der Waals surface area contributed by atoms with Gasteiger partial charge in [-0.2, -0.15) is 0 Å². The molecule has 0 amide bonds. The Morgan fingerprint density at radius 1 is 1.53 bits per heavy atom. The van der Waals surface area contributed by atoms with Gasteiger partial charge < -0.3 is 15.9 Å². The highest BCUT2D eigenvalue weighted by Gasteiger charge is 2.28. The van der Waals surface area contributed by atoms with Gasteiger partial charge in [0.2, 0.25) is 0 Å². The topological polar surface area (TPSA) is 83.6 Å². The SMILES string of the molecule is N[C@H](CC1CC1)c1c(Br)ccc(C(=O)O)c1O. The lowest BCUT2D eigenvalue weighted by Crippen LogP contribution is -2.13. The molecule has 0 aromatic heterocycles. The highest BCUT2D eigenvalue weighted by Crippen LogP contribution is 2.41. The van der Waals surface area contributed by atoms with Gasteiger partial charge in [0.15, 0.2) is 0 Å². The fourth-order valence-corrected chi connectivity index (χ4v) is 2.55. The monoisotopic (exact) mass is 299 g/mol. The fraction of sp³-hybridized carbons (Fsp3) is 0.417. The van der Waals surface area contributed by atoms with E-state index in [-0.39, 0.29) is 17.4 Å². The van der Waals surface area contributed by atoms with E-state index in [1.54, 1.807) is 6.07 Å². The third-order valence-corrected chi connectivity index (χ3v) is 3.74. The highest BCUT2D eigenvalue weighted by atomic mass is 79.9. The van der Waals surface area contributed by atoms with Crippen LogP contribution in [0.2, 0.25) is 0 Å². The molecular weight excluding hydrogens is 286 g/mol. The van der Waals surface area contributed by atoms with E-state index in [4.69, 9.17) is 10.8 Å². The van der Waals surface area contributed by atoms with Gasteiger partial charge in [0.25, 0.3) is 0 Å². The standard InChI is InChI=1S/C12H14BrNO3/c13-8-4-3-7(12(16)17)11(15)10(8)9(14)5-6-1-2-6/h3-4,6,9,15H,1-2,5,14H2,(H,16,17)/t9-/m1/s1. The summed E-state index contributed by atoms with van der Waals surface area (Å²) in [7, 11) is 0. The van der Waals surface area contributed by atoms with Crippen molar-refractivity contribution in [3.05, 3.63) is 27.7 Å². The fourth-order valence-electron chi connectivity index (χ4n) is 1.94. The summed E-state index contributed by atoms with van der Waals surface area (Å²) in [5.41, 5.74) is 6.42. The van der Waals surface area contributed by atoms with Gasteiger partial charge in [-0.25, -0.2) is 4.79 Å². The number of nitrogens with two attached hydrogens (primary N) is 1. The number of hydrogen-bond donors (Lipinski definition) is 3. The zero-order chi connectivity index (χ0) is 12.6. The van der Waals surface area contributed by atoms with E-state index in [0.717, 1.165) is 6.42 Å².